The Bertz CT molecular complexity index is 317. The van der Waals surface area contributed by atoms with E-state index in [2.05, 4.69) is 12.1 Å². The van der Waals surface area contributed by atoms with Crippen molar-refractivity contribution in [1.82, 2.24) is 0 Å². The van der Waals surface area contributed by atoms with Crippen LogP contribution in [0.4, 0.5) is 0 Å². The highest BCUT2D eigenvalue weighted by Crippen LogP contribution is 2.31. The molecule has 1 aliphatic heterocycles. The second kappa shape index (κ2) is 4.38. The Hall–Kier alpha value is -0.445. The van der Waals surface area contributed by atoms with Crippen LogP contribution in [0.5, 0.6) is 0 Å². The van der Waals surface area contributed by atoms with Gasteiger partial charge in [0.15, 0.2) is 0 Å². The molecule has 0 spiro atoms. The molecule has 0 N–H and O–H groups in total. The molecule has 1 heterocycles. The van der Waals surface area contributed by atoms with Crippen molar-refractivity contribution in [2.75, 3.05) is 0 Å². The summed E-state index contributed by atoms with van der Waals surface area (Å²) in [6.07, 6.45) is 0.0580. The largest absolute Gasteiger partial charge is 0.536 e. The van der Waals surface area contributed by atoms with Gasteiger partial charge in [0.25, 0.3) is 0 Å². The average Bonchev–Trinajstić information content (AvgIpc) is 2.17. The highest BCUT2D eigenvalue weighted by Gasteiger charge is 2.27. The first kappa shape index (κ1) is 10.1. The molecule has 0 unspecified atom stereocenters. The van der Waals surface area contributed by atoms with Crippen LogP contribution in [-0.4, -0.2) is 12.5 Å². The molecule has 0 aromatic heterocycles. The molecule has 0 saturated carbocycles. The van der Waals surface area contributed by atoms with Gasteiger partial charge in [-0.05, 0) is 25.5 Å². The summed E-state index contributed by atoms with van der Waals surface area (Å²) < 4.78 is 11.1. The van der Waals surface area contributed by atoms with Crippen molar-refractivity contribution in [2.24, 2.45) is 0 Å². The van der Waals surface area contributed by atoms with Crippen molar-refractivity contribution in [3.8, 4) is 0 Å². The summed E-state index contributed by atoms with van der Waals surface area (Å²) in [6.45, 7) is 4.69. The topological polar surface area (TPSA) is 18.5 Å². The zero-order valence-corrected chi connectivity index (χ0v) is 9.21. The monoisotopic (exact) mass is 208 g/mol. The Morgan fingerprint density at radius 2 is 2.21 bits per heavy atom. The van der Waals surface area contributed by atoms with E-state index in [0.717, 1.165) is 0 Å². The van der Waals surface area contributed by atoms with Crippen LogP contribution in [0.3, 0.4) is 0 Å². The van der Waals surface area contributed by atoms with Gasteiger partial charge in [0.2, 0.25) is 0 Å². The van der Waals surface area contributed by atoms with E-state index in [9.17, 15) is 0 Å². The molecule has 1 aliphatic rings. The van der Waals surface area contributed by atoms with E-state index >= 15 is 0 Å². The average molecular weight is 208 g/mol. The van der Waals surface area contributed by atoms with Crippen LogP contribution in [0.25, 0.3) is 0 Å². The lowest BCUT2D eigenvalue weighted by Crippen LogP contribution is -2.26. The van der Waals surface area contributed by atoms with Crippen molar-refractivity contribution in [2.45, 2.75) is 31.5 Å². The Labute approximate surface area is 89.0 Å². The number of hydrogen-bond donors (Lipinski definition) is 0. The Balaban J connectivity index is 2.06. The van der Waals surface area contributed by atoms with Gasteiger partial charge in [0, 0.05) is 11.0 Å². The fourth-order valence-corrected chi connectivity index (χ4v) is 2.38. The summed E-state index contributed by atoms with van der Waals surface area (Å²) in [5.74, 6) is 0. The molecule has 0 bridgehead atoms. The third-order valence-corrected chi connectivity index (χ3v) is 3.05. The molecule has 0 fully saturated rings. The molecule has 0 aliphatic carbocycles. The second-order valence-corrected chi connectivity index (χ2v) is 4.57. The first-order chi connectivity index (χ1) is 6.75. The smallest absolute Gasteiger partial charge is 0.400 e. The normalized spacial score (nSPS) is 15.8. The number of hydrogen-bond acceptors (Lipinski definition) is 3. The van der Waals surface area contributed by atoms with Crippen molar-refractivity contribution < 1.29 is 9.31 Å². The van der Waals surface area contributed by atoms with Crippen molar-refractivity contribution in [3.63, 3.8) is 0 Å². The summed E-state index contributed by atoms with van der Waals surface area (Å²) in [5.41, 5.74) is 1.25. The van der Waals surface area contributed by atoms with Gasteiger partial charge in [-0.3, -0.25) is 0 Å². The van der Waals surface area contributed by atoms with Crippen LogP contribution >= 0.6 is 11.6 Å². The maximum atomic E-state index is 5.59. The number of rotatable bonds is 2. The summed E-state index contributed by atoms with van der Waals surface area (Å²) >= 11 is 1.64. The van der Waals surface area contributed by atoms with E-state index in [-0.39, 0.29) is 12.5 Å². The Morgan fingerprint density at radius 3 is 3.00 bits per heavy atom. The zero-order valence-electron chi connectivity index (χ0n) is 8.40. The fraction of sp³-hybridized carbons (Fsp3) is 0.400. The summed E-state index contributed by atoms with van der Waals surface area (Å²) in [6, 6.07) is 8.28. The van der Waals surface area contributed by atoms with Gasteiger partial charge >= 0.3 is 6.40 Å². The van der Waals surface area contributed by atoms with Crippen molar-refractivity contribution in [3.05, 3.63) is 29.8 Å². The van der Waals surface area contributed by atoms with Crippen LogP contribution in [0.1, 0.15) is 19.4 Å². The van der Waals surface area contributed by atoms with Crippen LogP contribution in [0.15, 0.2) is 29.2 Å². The first-order valence-electron chi connectivity index (χ1n) is 4.77. The summed E-state index contributed by atoms with van der Waals surface area (Å²) in [4.78, 5) is 1.27. The third kappa shape index (κ3) is 2.32. The molecule has 0 radical (unpaired) electrons. The van der Waals surface area contributed by atoms with E-state index in [1.54, 1.807) is 11.6 Å². The maximum Gasteiger partial charge on any atom is 0.536 e. The van der Waals surface area contributed by atoms with Gasteiger partial charge < -0.3 is 9.31 Å². The lowest BCUT2D eigenvalue weighted by molar-refractivity contribution is 0.165. The van der Waals surface area contributed by atoms with E-state index in [1.807, 2.05) is 26.0 Å². The summed E-state index contributed by atoms with van der Waals surface area (Å²) in [7, 11) is 0. The second-order valence-electron chi connectivity index (χ2n) is 3.51. The van der Waals surface area contributed by atoms with Crippen LogP contribution in [-0.2, 0) is 15.9 Å². The highest BCUT2D eigenvalue weighted by molar-refractivity contribution is 8.24. The van der Waals surface area contributed by atoms with Crippen molar-refractivity contribution >= 4 is 18.0 Å². The molecule has 2 rings (SSSR count). The summed E-state index contributed by atoms with van der Waals surface area (Å²) in [5, 5.41) is 0. The molecule has 1 aromatic rings. The van der Waals surface area contributed by atoms with Gasteiger partial charge in [-0.1, -0.05) is 18.2 Å². The molecule has 1 aromatic carbocycles. The van der Waals surface area contributed by atoms with Gasteiger partial charge in [-0.25, -0.2) is 0 Å². The molecule has 74 valence electrons. The maximum absolute atomic E-state index is 5.59. The van der Waals surface area contributed by atoms with E-state index in [4.69, 9.17) is 9.31 Å². The minimum atomic E-state index is -0.148. The van der Waals surface area contributed by atoms with Crippen LogP contribution < -0.4 is 0 Å². The van der Waals surface area contributed by atoms with Gasteiger partial charge in [-0.15, -0.1) is 11.6 Å². The minimum absolute atomic E-state index is 0.148. The third-order valence-electron chi connectivity index (χ3n) is 1.95. The molecule has 0 saturated heterocycles. The predicted octanol–water partition coefficient (Wildman–Crippen LogP) is 2.72. The molecule has 2 nitrogen and oxygen atoms in total. The van der Waals surface area contributed by atoms with E-state index < -0.39 is 0 Å². The molecular weight excluding hydrogens is 195 g/mol. The standard InChI is InChI=1S/C10H13BO2S/c1-8(2)13-11-12-7-9-5-3-4-6-10(9)14-11/h3-6,8H,7H2,1-2H3. The first-order valence-corrected chi connectivity index (χ1v) is 5.65. The van der Waals surface area contributed by atoms with Crippen LogP contribution in [0.2, 0.25) is 0 Å². The molecule has 4 heteroatoms. The Morgan fingerprint density at radius 1 is 1.43 bits per heavy atom. The SMILES string of the molecule is CC(C)OB1OCc2ccccc2S1. The van der Waals surface area contributed by atoms with Gasteiger partial charge in [0.1, 0.15) is 0 Å². The van der Waals surface area contributed by atoms with E-state index in [1.165, 1.54) is 10.5 Å². The van der Waals surface area contributed by atoms with E-state index in [0.29, 0.717) is 6.61 Å². The van der Waals surface area contributed by atoms with Gasteiger partial charge in [0.05, 0.1) is 6.61 Å². The molecule has 0 amide bonds. The van der Waals surface area contributed by atoms with Crippen molar-refractivity contribution in [1.29, 1.82) is 0 Å². The molecular formula is C10H13BO2S. The lowest BCUT2D eigenvalue weighted by Gasteiger charge is -2.22. The molecule has 14 heavy (non-hydrogen) atoms. The Kier molecular flexibility index (Phi) is 3.16. The quantitative estimate of drug-likeness (QED) is 0.696. The lowest BCUT2D eigenvalue weighted by atomic mass is 10.2. The number of benzene rings is 1. The predicted molar refractivity (Wildman–Crippen MR) is 59.1 cm³/mol. The minimum Gasteiger partial charge on any atom is -0.400 e. The molecule has 0 atom stereocenters. The fourth-order valence-electron chi connectivity index (χ4n) is 1.32. The highest BCUT2D eigenvalue weighted by atomic mass is 32.2. The van der Waals surface area contributed by atoms with Gasteiger partial charge in [-0.2, -0.15) is 0 Å². The zero-order chi connectivity index (χ0) is 9.97. The van der Waals surface area contributed by atoms with Crippen LogP contribution in [0, 0.1) is 0 Å². The number of fused-ring (bicyclic) bond motifs is 1.